The van der Waals surface area contributed by atoms with Crippen molar-refractivity contribution in [1.82, 2.24) is 15.6 Å². The van der Waals surface area contributed by atoms with Crippen molar-refractivity contribution in [2.24, 2.45) is 0 Å². The Hall–Kier alpha value is -0.980. The summed E-state index contributed by atoms with van der Waals surface area (Å²) in [4.78, 5) is 15.7. The smallest absolute Gasteiger partial charge is 0.221 e. The van der Waals surface area contributed by atoms with Gasteiger partial charge in [-0.05, 0) is 6.07 Å². The maximum Gasteiger partial charge on any atom is 0.221 e. The topological polar surface area (TPSA) is 63.2 Å². The fourth-order valence-corrected chi connectivity index (χ4v) is 2.90. The van der Waals surface area contributed by atoms with Gasteiger partial charge in [-0.15, -0.1) is 0 Å². The number of nitrogens with one attached hydrogen (secondary N) is 2. The molecule has 2 N–H and O–H groups in total. The van der Waals surface area contributed by atoms with Gasteiger partial charge in [0.25, 0.3) is 0 Å². The third kappa shape index (κ3) is 5.56. The van der Waals surface area contributed by atoms with Gasteiger partial charge in [-0.1, -0.05) is 11.6 Å². The standard InChI is InChI=1S/C13H18ClN3O2S/c14-10-1-2-13(17-8-10)19-5-3-16-12(18)7-11-9-20-6-4-15-11/h1-2,8,11,15H,3-7,9H2,(H,16,18). The van der Waals surface area contributed by atoms with Gasteiger partial charge in [0, 0.05) is 42.8 Å². The van der Waals surface area contributed by atoms with Gasteiger partial charge in [-0.2, -0.15) is 11.8 Å². The van der Waals surface area contributed by atoms with E-state index >= 15 is 0 Å². The number of hydrogen-bond donors (Lipinski definition) is 2. The number of amides is 1. The molecule has 1 amide bonds. The lowest BCUT2D eigenvalue weighted by Gasteiger charge is -2.22. The summed E-state index contributed by atoms with van der Waals surface area (Å²) >= 11 is 7.61. The fraction of sp³-hybridized carbons (Fsp3) is 0.538. The van der Waals surface area contributed by atoms with Crippen molar-refractivity contribution in [3.63, 3.8) is 0 Å². The number of ether oxygens (including phenoxy) is 1. The van der Waals surface area contributed by atoms with Crippen LogP contribution in [0, 0.1) is 0 Å². The summed E-state index contributed by atoms with van der Waals surface area (Å²) in [6.07, 6.45) is 2.05. The van der Waals surface area contributed by atoms with Crippen LogP contribution in [0.4, 0.5) is 0 Å². The zero-order valence-corrected chi connectivity index (χ0v) is 12.7. The molecule has 0 aromatic carbocycles. The summed E-state index contributed by atoms with van der Waals surface area (Å²) in [6, 6.07) is 3.70. The van der Waals surface area contributed by atoms with Gasteiger partial charge in [0.15, 0.2) is 0 Å². The second-order valence-electron chi connectivity index (χ2n) is 4.44. The number of rotatable bonds is 6. The SMILES string of the molecule is O=C(CC1CSCCN1)NCCOc1ccc(Cl)cn1. The molecule has 1 fully saturated rings. The van der Waals surface area contributed by atoms with Crippen molar-refractivity contribution in [3.05, 3.63) is 23.4 Å². The number of carbonyl (C=O) groups excluding carboxylic acids is 1. The Morgan fingerprint density at radius 2 is 2.50 bits per heavy atom. The van der Waals surface area contributed by atoms with Crippen molar-refractivity contribution in [2.75, 3.05) is 31.2 Å². The lowest BCUT2D eigenvalue weighted by Crippen LogP contribution is -2.41. The van der Waals surface area contributed by atoms with E-state index in [1.807, 2.05) is 11.8 Å². The number of halogens is 1. The molecular formula is C13H18ClN3O2S. The van der Waals surface area contributed by atoms with E-state index in [1.54, 1.807) is 12.1 Å². The largest absolute Gasteiger partial charge is 0.476 e. The van der Waals surface area contributed by atoms with E-state index in [0.717, 1.165) is 18.1 Å². The van der Waals surface area contributed by atoms with Crippen LogP contribution in [0.1, 0.15) is 6.42 Å². The molecule has 1 saturated heterocycles. The first-order valence-corrected chi connectivity index (χ1v) is 8.09. The highest BCUT2D eigenvalue weighted by Crippen LogP contribution is 2.11. The molecule has 0 spiro atoms. The second kappa shape index (κ2) is 8.34. The quantitative estimate of drug-likeness (QED) is 0.775. The number of nitrogens with zero attached hydrogens (tertiary/aromatic N) is 1. The second-order valence-corrected chi connectivity index (χ2v) is 6.03. The molecule has 2 rings (SSSR count). The van der Waals surface area contributed by atoms with Crippen LogP contribution in [0.5, 0.6) is 5.88 Å². The van der Waals surface area contributed by atoms with Crippen LogP contribution >= 0.6 is 23.4 Å². The molecule has 110 valence electrons. The molecule has 7 heteroatoms. The third-order valence-corrected chi connectivity index (χ3v) is 4.16. The number of thioether (sulfide) groups is 1. The minimum Gasteiger partial charge on any atom is -0.476 e. The van der Waals surface area contributed by atoms with E-state index in [4.69, 9.17) is 16.3 Å². The molecule has 0 bridgehead atoms. The predicted octanol–water partition coefficient (Wildman–Crippen LogP) is 1.33. The lowest BCUT2D eigenvalue weighted by molar-refractivity contribution is -0.121. The van der Waals surface area contributed by atoms with E-state index < -0.39 is 0 Å². The molecule has 1 atom stereocenters. The molecule has 1 aliphatic rings. The van der Waals surface area contributed by atoms with Gasteiger partial charge in [0.05, 0.1) is 11.6 Å². The highest BCUT2D eigenvalue weighted by molar-refractivity contribution is 7.99. The normalized spacial score (nSPS) is 18.6. The summed E-state index contributed by atoms with van der Waals surface area (Å²) in [6.45, 7) is 1.85. The molecule has 1 aromatic rings. The van der Waals surface area contributed by atoms with Gasteiger partial charge in [-0.25, -0.2) is 4.98 Å². The van der Waals surface area contributed by atoms with E-state index in [1.165, 1.54) is 6.20 Å². The Morgan fingerprint density at radius 1 is 1.60 bits per heavy atom. The van der Waals surface area contributed by atoms with Gasteiger partial charge >= 0.3 is 0 Å². The maximum atomic E-state index is 11.7. The van der Waals surface area contributed by atoms with Gasteiger partial charge in [0.1, 0.15) is 6.61 Å². The highest BCUT2D eigenvalue weighted by Gasteiger charge is 2.16. The van der Waals surface area contributed by atoms with Crippen LogP contribution < -0.4 is 15.4 Å². The van der Waals surface area contributed by atoms with Crippen LogP contribution in [-0.2, 0) is 4.79 Å². The van der Waals surface area contributed by atoms with E-state index in [-0.39, 0.29) is 11.9 Å². The van der Waals surface area contributed by atoms with E-state index in [0.29, 0.717) is 30.5 Å². The molecule has 0 aliphatic carbocycles. The Bertz CT molecular complexity index is 424. The summed E-state index contributed by atoms with van der Waals surface area (Å²) in [5.74, 6) is 2.69. The van der Waals surface area contributed by atoms with Crippen molar-refractivity contribution >= 4 is 29.3 Å². The van der Waals surface area contributed by atoms with Crippen LogP contribution in [0.3, 0.4) is 0 Å². The molecule has 0 saturated carbocycles. The monoisotopic (exact) mass is 315 g/mol. The minimum atomic E-state index is 0.0534. The fourth-order valence-electron chi connectivity index (χ4n) is 1.84. The molecule has 20 heavy (non-hydrogen) atoms. The van der Waals surface area contributed by atoms with Crippen molar-refractivity contribution in [3.8, 4) is 5.88 Å². The average Bonchev–Trinajstić information content (AvgIpc) is 2.46. The zero-order valence-electron chi connectivity index (χ0n) is 11.1. The molecule has 0 radical (unpaired) electrons. The third-order valence-electron chi connectivity index (χ3n) is 2.80. The van der Waals surface area contributed by atoms with Crippen molar-refractivity contribution in [1.29, 1.82) is 0 Å². The van der Waals surface area contributed by atoms with Gasteiger partial charge < -0.3 is 15.4 Å². The summed E-state index contributed by atoms with van der Waals surface area (Å²) < 4.78 is 5.40. The maximum absolute atomic E-state index is 11.7. The van der Waals surface area contributed by atoms with Crippen LogP contribution in [-0.4, -0.2) is 48.1 Å². The summed E-state index contributed by atoms with van der Waals surface area (Å²) in [5.41, 5.74) is 0. The zero-order chi connectivity index (χ0) is 14.2. The lowest BCUT2D eigenvalue weighted by atomic mass is 10.2. The first kappa shape index (κ1) is 15.4. The summed E-state index contributed by atoms with van der Waals surface area (Å²) in [5, 5.41) is 6.75. The number of pyridine rings is 1. The molecule has 1 aliphatic heterocycles. The Balaban J connectivity index is 1.58. The van der Waals surface area contributed by atoms with Crippen molar-refractivity contribution in [2.45, 2.75) is 12.5 Å². The average molecular weight is 316 g/mol. The van der Waals surface area contributed by atoms with E-state index in [2.05, 4.69) is 15.6 Å². The Kier molecular flexibility index (Phi) is 6.42. The Morgan fingerprint density at radius 3 is 3.20 bits per heavy atom. The van der Waals surface area contributed by atoms with Crippen LogP contribution in [0.15, 0.2) is 18.3 Å². The first-order chi connectivity index (χ1) is 9.74. The molecular weight excluding hydrogens is 298 g/mol. The van der Waals surface area contributed by atoms with Crippen LogP contribution in [0.2, 0.25) is 5.02 Å². The van der Waals surface area contributed by atoms with Crippen molar-refractivity contribution < 1.29 is 9.53 Å². The number of carbonyl (C=O) groups is 1. The first-order valence-electron chi connectivity index (χ1n) is 6.56. The molecule has 5 nitrogen and oxygen atoms in total. The molecule has 1 unspecified atom stereocenters. The van der Waals surface area contributed by atoms with E-state index in [9.17, 15) is 4.79 Å². The van der Waals surface area contributed by atoms with Crippen LogP contribution in [0.25, 0.3) is 0 Å². The molecule has 2 heterocycles. The Labute approximate surface area is 127 Å². The minimum absolute atomic E-state index is 0.0534. The summed E-state index contributed by atoms with van der Waals surface area (Å²) in [7, 11) is 0. The highest BCUT2D eigenvalue weighted by atomic mass is 35.5. The van der Waals surface area contributed by atoms with Gasteiger partial charge in [0.2, 0.25) is 11.8 Å². The molecule has 1 aromatic heterocycles. The predicted molar refractivity (Wildman–Crippen MR) is 81.5 cm³/mol. The number of hydrogen-bond acceptors (Lipinski definition) is 5. The number of aromatic nitrogens is 1. The van der Waals surface area contributed by atoms with Gasteiger partial charge in [-0.3, -0.25) is 4.79 Å².